The minimum Gasteiger partial charge on any atom is -0.452 e. The summed E-state index contributed by atoms with van der Waals surface area (Å²) in [5.41, 5.74) is 1.68. The third kappa shape index (κ3) is 4.77. The first kappa shape index (κ1) is 18.4. The SMILES string of the molecule is Cc1ccc(C)c(NC(=O)COC(=O)c2cc(Cl)ccc2[N+](=O)[O-])c1. The molecule has 0 spiro atoms. The van der Waals surface area contributed by atoms with Gasteiger partial charge in [0.05, 0.1) is 4.92 Å². The van der Waals surface area contributed by atoms with Gasteiger partial charge in [-0.25, -0.2) is 4.79 Å². The van der Waals surface area contributed by atoms with Gasteiger partial charge in [-0.15, -0.1) is 0 Å². The molecule has 0 aliphatic carbocycles. The molecule has 2 aromatic rings. The number of carbonyl (C=O) groups excluding carboxylic acids is 2. The van der Waals surface area contributed by atoms with Gasteiger partial charge in [0.1, 0.15) is 5.56 Å². The molecule has 1 amide bonds. The predicted octanol–water partition coefficient (Wildman–Crippen LogP) is 3.66. The molecular weight excluding hydrogens is 348 g/mol. The minimum atomic E-state index is -0.995. The van der Waals surface area contributed by atoms with Crippen LogP contribution in [-0.2, 0) is 9.53 Å². The van der Waals surface area contributed by atoms with E-state index < -0.39 is 29.1 Å². The highest BCUT2D eigenvalue weighted by Gasteiger charge is 2.22. The first-order chi connectivity index (χ1) is 11.8. The van der Waals surface area contributed by atoms with Crippen LogP contribution in [0.4, 0.5) is 11.4 Å². The summed E-state index contributed by atoms with van der Waals surface area (Å²) >= 11 is 5.76. The van der Waals surface area contributed by atoms with Crippen LogP contribution in [0.2, 0.25) is 5.02 Å². The topological polar surface area (TPSA) is 98.5 Å². The Labute approximate surface area is 148 Å². The van der Waals surface area contributed by atoms with Gasteiger partial charge in [-0.2, -0.15) is 0 Å². The lowest BCUT2D eigenvalue weighted by Gasteiger charge is -2.10. The van der Waals surface area contributed by atoms with Gasteiger partial charge in [-0.1, -0.05) is 23.7 Å². The maximum Gasteiger partial charge on any atom is 0.345 e. The van der Waals surface area contributed by atoms with Crippen LogP contribution >= 0.6 is 11.6 Å². The number of benzene rings is 2. The van der Waals surface area contributed by atoms with Crippen molar-refractivity contribution in [1.82, 2.24) is 0 Å². The number of anilines is 1. The highest BCUT2D eigenvalue weighted by atomic mass is 35.5. The summed E-state index contributed by atoms with van der Waals surface area (Å²) in [6.45, 7) is 3.14. The summed E-state index contributed by atoms with van der Waals surface area (Å²) in [7, 11) is 0. The van der Waals surface area contributed by atoms with Crippen molar-refractivity contribution < 1.29 is 19.2 Å². The third-order valence-corrected chi connectivity index (χ3v) is 3.61. The molecule has 0 unspecified atom stereocenters. The van der Waals surface area contributed by atoms with Crippen LogP contribution < -0.4 is 5.32 Å². The number of halogens is 1. The summed E-state index contributed by atoms with van der Waals surface area (Å²) in [5.74, 6) is -1.54. The number of ether oxygens (including phenoxy) is 1. The molecule has 0 atom stereocenters. The zero-order valence-corrected chi connectivity index (χ0v) is 14.3. The van der Waals surface area contributed by atoms with E-state index in [9.17, 15) is 19.7 Å². The Morgan fingerprint density at radius 1 is 1.20 bits per heavy atom. The molecule has 0 saturated carbocycles. The molecule has 25 heavy (non-hydrogen) atoms. The van der Waals surface area contributed by atoms with Crippen LogP contribution in [0.25, 0.3) is 0 Å². The van der Waals surface area contributed by atoms with Crippen LogP contribution in [0.1, 0.15) is 21.5 Å². The van der Waals surface area contributed by atoms with Crippen molar-refractivity contribution in [2.75, 3.05) is 11.9 Å². The van der Waals surface area contributed by atoms with Crippen molar-refractivity contribution in [3.63, 3.8) is 0 Å². The molecule has 0 aliphatic rings. The minimum absolute atomic E-state index is 0.150. The van der Waals surface area contributed by atoms with E-state index in [1.54, 1.807) is 6.07 Å². The van der Waals surface area contributed by atoms with Gasteiger partial charge in [-0.05, 0) is 43.2 Å². The highest BCUT2D eigenvalue weighted by molar-refractivity contribution is 6.31. The van der Waals surface area contributed by atoms with Crippen LogP contribution in [0.15, 0.2) is 36.4 Å². The van der Waals surface area contributed by atoms with E-state index in [1.807, 2.05) is 26.0 Å². The van der Waals surface area contributed by atoms with Crippen LogP contribution in [0.3, 0.4) is 0 Å². The smallest absolute Gasteiger partial charge is 0.345 e. The lowest BCUT2D eigenvalue weighted by Crippen LogP contribution is -2.21. The van der Waals surface area contributed by atoms with Gasteiger partial charge in [0.2, 0.25) is 0 Å². The number of carbonyl (C=O) groups is 2. The Hall–Kier alpha value is -2.93. The van der Waals surface area contributed by atoms with Crippen LogP contribution in [-0.4, -0.2) is 23.4 Å². The van der Waals surface area contributed by atoms with Crippen LogP contribution in [0, 0.1) is 24.0 Å². The summed E-state index contributed by atoms with van der Waals surface area (Å²) in [6.07, 6.45) is 0. The Balaban J connectivity index is 2.05. The predicted molar refractivity (Wildman–Crippen MR) is 92.9 cm³/mol. The zero-order chi connectivity index (χ0) is 18.6. The quantitative estimate of drug-likeness (QED) is 0.497. The van der Waals surface area contributed by atoms with Gasteiger partial charge in [0.25, 0.3) is 11.6 Å². The van der Waals surface area contributed by atoms with Gasteiger partial charge in [0.15, 0.2) is 6.61 Å². The molecule has 7 nitrogen and oxygen atoms in total. The molecule has 8 heteroatoms. The number of nitro benzene ring substituents is 1. The first-order valence-electron chi connectivity index (χ1n) is 7.26. The summed E-state index contributed by atoms with van der Waals surface area (Å²) in [6, 6.07) is 9.08. The number of amides is 1. The molecule has 1 N–H and O–H groups in total. The average molecular weight is 363 g/mol. The second-order valence-corrected chi connectivity index (χ2v) is 5.80. The molecule has 130 valence electrons. The van der Waals surface area contributed by atoms with Crippen molar-refractivity contribution in [1.29, 1.82) is 0 Å². The average Bonchev–Trinajstić information content (AvgIpc) is 2.55. The molecular formula is C17H15ClN2O5. The molecule has 0 aliphatic heterocycles. The third-order valence-electron chi connectivity index (χ3n) is 3.38. The Bertz CT molecular complexity index is 851. The number of hydrogen-bond acceptors (Lipinski definition) is 5. The summed E-state index contributed by atoms with van der Waals surface area (Å²) < 4.78 is 4.86. The number of aryl methyl sites for hydroxylation is 2. The van der Waals surface area contributed by atoms with E-state index in [0.29, 0.717) is 5.69 Å². The molecule has 0 fully saturated rings. The molecule has 0 aromatic heterocycles. The Kier molecular flexibility index (Phi) is 5.71. The Morgan fingerprint density at radius 2 is 1.92 bits per heavy atom. The number of hydrogen-bond donors (Lipinski definition) is 1. The highest BCUT2D eigenvalue weighted by Crippen LogP contribution is 2.23. The van der Waals surface area contributed by atoms with E-state index >= 15 is 0 Å². The van der Waals surface area contributed by atoms with Gasteiger partial charge < -0.3 is 10.1 Å². The largest absolute Gasteiger partial charge is 0.452 e. The second kappa shape index (κ2) is 7.76. The number of nitro groups is 1. The van der Waals surface area contributed by atoms with Crippen molar-refractivity contribution in [2.24, 2.45) is 0 Å². The molecule has 0 radical (unpaired) electrons. The lowest BCUT2D eigenvalue weighted by molar-refractivity contribution is -0.385. The number of rotatable bonds is 5. The van der Waals surface area contributed by atoms with Crippen molar-refractivity contribution >= 4 is 34.9 Å². The van der Waals surface area contributed by atoms with Gasteiger partial charge >= 0.3 is 5.97 Å². The normalized spacial score (nSPS) is 10.2. The van der Waals surface area contributed by atoms with E-state index in [2.05, 4.69) is 5.32 Å². The van der Waals surface area contributed by atoms with E-state index in [4.69, 9.17) is 16.3 Å². The van der Waals surface area contributed by atoms with E-state index in [1.165, 1.54) is 6.07 Å². The van der Waals surface area contributed by atoms with Gasteiger partial charge in [0, 0.05) is 16.8 Å². The van der Waals surface area contributed by atoms with Crippen LogP contribution in [0.5, 0.6) is 0 Å². The fourth-order valence-electron chi connectivity index (χ4n) is 2.10. The van der Waals surface area contributed by atoms with Gasteiger partial charge in [-0.3, -0.25) is 14.9 Å². The fraction of sp³-hybridized carbons (Fsp3) is 0.176. The monoisotopic (exact) mass is 362 g/mol. The van der Waals surface area contributed by atoms with E-state index in [-0.39, 0.29) is 10.6 Å². The molecule has 0 heterocycles. The second-order valence-electron chi connectivity index (χ2n) is 5.36. The number of nitrogens with one attached hydrogen (secondary N) is 1. The molecule has 0 saturated heterocycles. The number of esters is 1. The molecule has 2 rings (SSSR count). The zero-order valence-electron chi connectivity index (χ0n) is 13.5. The summed E-state index contributed by atoms with van der Waals surface area (Å²) in [4.78, 5) is 34.2. The Morgan fingerprint density at radius 3 is 2.60 bits per heavy atom. The van der Waals surface area contributed by atoms with Crippen molar-refractivity contribution in [3.8, 4) is 0 Å². The molecule has 2 aromatic carbocycles. The van der Waals surface area contributed by atoms with Crippen molar-refractivity contribution in [2.45, 2.75) is 13.8 Å². The standard InChI is InChI=1S/C17H15ClN2O5/c1-10-3-4-11(2)14(7-10)19-16(21)9-25-17(22)13-8-12(18)5-6-15(13)20(23)24/h3-8H,9H2,1-2H3,(H,19,21). The number of nitrogens with zero attached hydrogens (tertiary/aromatic N) is 1. The lowest BCUT2D eigenvalue weighted by atomic mass is 10.1. The van der Waals surface area contributed by atoms with Crippen molar-refractivity contribution in [3.05, 3.63) is 68.2 Å². The maximum absolute atomic E-state index is 12.0. The summed E-state index contributed by atoms with van der Waals surface area (Å²) in [5, 5.41) is 13.7. The maximum atomic E-state index is 12.0. The van der Waals surface area contributed by atoms with E-state index in [0.717, 1.165) is 23.3 Å². The first-order valence-corrected chi connectivity index (χ1v) is 7.64. The fourth-order valence-corrected chi connectivity index (χ4v) is 2.27. The molecule has 0 bridgehead atoms.